The van der Waals surface area contributed by atoms with Crippen LogP contribution in [0.25, 0.3) is 0 Å². The quantitative estimate of drug-likeness (QED) is 0.389. The Hall–Kier alpha value is -3.01. The molecule has 3 aromatic rings. The summed E-state index contributed by atoms with van der Waals surface area (Å²) in [6.45, 7) is 7.99. The Labute approximate surface area is 204 Å². The van der Waals surface area contributed by atoms with E-state index in [1.165, 1.54) is 30.4 Å². The molecule has 180 valence electrons. The van der Waals surface area contributed by atoms with Gasteiger partial charge in [0, 0.05) is 30.0 Å². The molecule has 0 radical (unpaired) electrons. The summed E-state index contributed by atoms with van der Waals surface area (Å²) in [7, 11) is 1.70. The SMILES string of the molecule is COc1cccc(Cn2cccc2CN(C(=O)c2ccc(C(C)(C)C)cc2)C2CCCCC2)c1. The van der Waals surface area contributed by atoms with Crippen LogP contribution in [0.15, 0.2) is 66.9 Å². The van der Waals surface area contributed by atoms with Crippen molar-refractivity contribution >= 4 is 5.91 Å². The molecule has 1 heterocycles. The summed E-state index contributed by atoms with van der Waals surface area (Å²) in [5, 5.41) is 0. The highest BCUT2D eigenvalue weighted by Crippen LogP contribution is 2.28. The number of aromatic nitrogens is 1. The molecule has 1 aromatic heterocycles. The Balaban J connectivity index is 1.58. The molecule has 1 saturated carbocycles. The van der Waals surface area contributed by atoms with E-state index in [0.29, 0.717) is 12.6 Å². The number of rotatable bonds is 7. The molecule has 0 atom stereocenters. The minimum atomic E-state index is 0.0750. The van der Waals surface area contributed by atoms with Crippen LogP contribution >= 0.6 is 0 Å². The molecule has 34 heavy (non-hydrogen) atoms. The van der Waals surface area contributed by atoms with E-state index >= 15 is 0 Å². The van der Waals surface area contributed by atoms with Crippen molar-refractivity contribution in [3.8, 4) is 5.75 Å². The first-order valence-corrected chi connectivity index (χ1v) is 12.5. The molecular formula is C30H38N2O2. The van der Waals surface area contributed by atoms with Crippen LogP contribution in [0, 0.1) is 0 Å². The molecule has 0 unspecified atom stereocenters. The van der Waals surface area contributed by atoms with E-state index in [4.69, 9.17) is 4.74 Å². The predicted molar refractivity (Wildman–Crippen MR) is 138 cm³/mol. The number of benzene rings is 2. The van der Waals surface area contributed by atoms with E-state index in [0.717, 1.165) is 36.4 Å². The molecule has 4 heteroatoms. The van der Waals surface area contributed by atoms with Crippen LogP contribution in [0.5, 0.6) is 5.75 Å². The molecule has 4 rings (SSSR count). The first-order valence-electron chi connectivity index (χ1n) is 12.5. The maximum absolute atomic E-state index is 13.8. The van der Waals surface area contributed by atoms with E-state index in [9.17, 15) is 4.79 Å². The lowest BCUT2D eigenvalue weighted by molar-refractivity contribution is 0.0608. The van der Waals surface area contributed by atoms with Crippen molar-refractivity contribution in [3.05, 3.63) is 89.2 Å². The lowest BCUT2D eigenvalue weighted by atomic mass is 9.86. The fraction of sp³-hybridized carbons (Fsp3) is 0.433. The van der Waals surface area contributed by atoms with Gasteiger partial charge >= 0.3 is 0 Å². The zero-order valence-corrected chi connectivity index (χ0v) is 21.1. The number of carbonyl (C=O) groups is 1. The van der Waals surface area contributed by atoms with Gasteiger partial charge in [-0.2, -0.15) is 0 Å². The van der Waals surface area contributed by atoms with Gasteiger partial charge in [0.1, 0.15) is 5.75 Å². The molecule has 4 nitrogen and oxygen atoms in total. The fourth-order valence-electron chi connectivity index (χ4n) is 4.93. The Morgan fingerprint density at radius 2 is 1.74 bits per heavy atom. The molecule has 0 spiro atoms. The average molecular weight is 459 g/mol. The van der Waals surface area contributed by atoms with E-state index in [-0.39, 0.29) is 11.3 Å². The maximum Gasteiger partial charge on any atom is 0.254 e. The van der Waals surface area contributed by atoms with Crippen molar-refractivity contribution in [1.82, 2.24) is 9.47 Å². The van der Waals surface area contributed by atoms with Crippen molar-refractivity contribution in [3.63, 3.8) is 0 Å². The molecule has 1 fully saturated rings. The monoisotopic (exact) mass is 458 g/mol. The summed E-state index contributed by atoms with van der Waals surface area (Å²) < 4.78 is 7.65. The average Bonchev–Trinajstić information content (AvgIpc) is 3.28. The van der Waals surface area contributed by atoms with Crippen LogP contribution in [0.3, 0.4) is 0 Å². The number of methoxy groups -OCH3 is 1. The topological polar surface area (TPSA) is 34.5 Å². The Morgan fingerprint density at radius 1 is 1.00 bits per heavy atom. The zero-order chi connectivity index (χ0) is 24.1. The minimum Gasteiger partial charge on any atom is -0.497 e. The van der Waals surface area contributed by atoms with Crippen molar-refractivity contribution in [2.24, 2.45) is 0 Å². The predicted octanol–water partition coefficient (Wildman–Crippen LogP) is 6.82. The molecule has 0 bridgehead atoms. The lowest BCUT2D eigenvalue weighted by Crippen LogP contribution is -2.41. The van der Waals surface area contributed by atoms with Crippen LogP contribution in [-0.4, -0.2) is 28.5 Å². The van der Waals surface area contributed by atoms with Gasteiger partial charge in [-0.25, -0.2) is 0 Å². The second-order valence-electron chi connectivity index (χ2n) is 10.5. The molecule has 0 aliphatic heterocycles. The number of carbonyl (C=O) groups excluding carboxylic acids is 1. The first-order chi connectivity index (χ1) is 16.3. The van der Waals surface area contributed by atoms with E-state index in [1.807, 2.05) is 24.3 Å². The number of ether oxygens (including phenoxy) is 1. The second-order valence-corrected chi connectivity index (χ2v) is 10.5. The molecule has 0 saturated heterocycles. The summed E-state index contributed by atoms with van der Waals surface area (Å²) in [5.74, 6) is 1.01. The summed E-state index contributed by atoms with van der Waals surface area (Å²) >= 11 is 0. The summed E-state index contributed by atoms with van der Waals surface area (Å²) in [6.07, 6.45) is 7.94. The summed E-state index contributed by atoms with van der Waals surface area (Å²) in [5.41, 5.74) is 4.45. The molecular weight excluding hydrogens is 420 g/mol. The smallest absolute Gasteiger partial charge is 0.254 e. The van der Waals surface area contributed by atoms with Gasteiger partial charge in [-0.3, -0.25) is 4.79 Å². The number of amides is 1. The lowest BCUT2D eigenvalue weighted by Gasteiger charge is -2.35. The largest absolute Gasteiger partial charge is 0.497 e. The van der Waals surface area contributed by atoms with Gasteiger partial charge in [0.05, 0.1) is 13.7 Å². The highest BCUT2D eigenvalue weighted by molar-refractivity contribution is 5.94. The van der Waals surface area contributed by atoms with Crippen molar-refractivity contribution in [1.29, 1.82) is 0 Å². The van der Waals surface area contributed by atoms with Gasteiger partial charge in [0.15, 0.2) is 0 Å². The number of hydrogen-bond donors (Lipinski definition) is 0. The molecule has 0 N–H and O–H groups in total. The third kappa shape index (κ3) is 5.72. The molecule has 2 aromatic carbocycles. The standard InChI is InChI=1S/C30H38N2O2/c1-30(2,3)25-17-15-24(16-18-25)29(33)32(26-11-6-5-7-12-26)22-27-13-9-19-31(27)21-23-10-8-14-28(20-23)34-4/h8-10,13-20,26H,5-7,11-12,21-22H2,1-4H3. The van der Waals surface area contributed by atoms with Crippen molar-refractivity contribution in [2.75, 3.05) is 7.11 Å². The van der Waals surface area contributed by atoms with Crippen LogP contribution in [0.2, 0.25) is 0 Å². The van der Waals surface area contributed by atoms with Crippen LogP contribution in [0.4, 0.5) is 0 Å². The Kier molecular flexibility index (Phi) is 7.45. The number of nitrogens with zero attached hydrogens (tertiary/aromatic N) is 2. The van der Waals surface area contributed by atoms with Gasteiger partial charge in [-0.05, 0) is 65.8 Å². The molecule has 1 aliphatic carbocycles. The third-order valence-electron chi connectivity index (χ3n) is 7.02. The van der Waals surface area contributed by atoms with Crippen LogP contribution in [0.1, 0.15) is 80.1 Å². The van der Waals surface area contributed by atoms with Gasteiger partial charge in [0.25, 0.3) is 5.91 Å². The van der Waals surface area contributed by atoms with Crippen molar-refractivity contribution in [2.45, 2.75) is 77.4 Å². The first kappa shape index (κ1) is 24.1. The second kappa shape index (κ2) is 10.5. The minimum absolute atomic E-state index is 0.0750. The van der Waals surface area contributed by atoms with Gasteiger partial charge in [0.2, 0.25) is 0 Å². The molecule has 1 amide bonds. The normalized spacial score (nSPS) is 14.7. The summed E-state index contributed by atoms with van der Waals surface area (Å²) in [4.78, 5) is 15.9. The van der Waals surface area contributed by atoms with E-state index in [2.05, 4.69) is 72.8 Å². The number of hydrogen-bond acceptors (Lipinski definition) is 2. The third-order valence-corrected chi connectivity index (χ3v) is 7.02. The highest BCUT2D eigenvalue weighted by atomic mass is 16.5. The summed E-state index contributed by atoms with van der Waals surface area (Å²) in [6, 6.07) is 20.9. The van der Waals surface area contributed by atoms with Crippen molar-refractivity contribution < 1.29 is 9.53 Å². The Bertz CT molecular complexity index is 1090. The fourth-order valence-corrected chi connectivity index (χ4v) is 4.93. The van der Waals surface area contributed by atoms with E-state index < -0.39 is 0 Å². The highest BCUT2D eigenvalue weighted by Gasteiger charge is 2.27. The maximum atomic E-state index is 13.8. The van der Waals surface area contributed by atoms with Gasteiger partial charge in [-0.15, -0.1) is 0 Å². The van der Waals surface area contributed by atoms with Gasteiger partial charge in [-0.1, -0.05) is 64.3 Å². The van der Waals surface area contributed by atoms with E-state index in [1.54, 1.807) is 7.11 Å². The van der Waals surface area contributed by atoms with Crippen LogP contribution < -0.4 is 4.74 Å². The Morgan fingerprint density at radius 3 is 2.41 bits per heavy atom. The van der Waals surface area contributed by atoms with Crippen LogP contribution in [-0.2, 0) is 18.5 Å². The van der Waals surface area contributed by atoms with Gasteiger partial charge < -0.3 is 14.2 Å². The molecule has 1 aliphatic rings. The zero-order valence-electron chi connectivity index (χ0n) is 21.1.